The van der Waals surface area contributed by atoms with Gasteiger partial charge in [-0.05, 0) is 42.0 Å². The molecule has 1 aliphatic rings. The van der Waals surface area contributed by atoms with Crippen LogP contribution in [0.3, 0.4) is 0 Å². The van der Waals surface area contributed by atoms with Crippen LogP contribution < -0.4 is 5.32 Å². The number of rotatable bonds is 4. The van der Waals surface area contributed by atoms with Crippen molar-refractivity contribution in [3.05, 3.63) is 34.3 Å². The summed E-state index contributed by atoms with van der Waals surface area (Å²) in [6, 6.07) is 5.98. The van der Waals surface area contributed by atoms with E-state index >= 15 is 0 Å². The molecule has 4 nitrogen and oxygen atoms in total. The third-order valence-corrected chi connectivity index (χ3v) is 4.91. The summed E-state index contributed by atoms with van der Waals surface area (Å²) in [4.78, 5) is 23.5. The number of hydrogen-bond donors (Lipinski definition) is 2. The molecule has 1 saturated heterocycles. The molecule has 6 heteroatoms. The Kier molecular flexibility index (Phi) is 5.48. The third-order valence-electron chi connectivity index (χ3n) is 3.33. The van der Waals surface area contributed by atoms with Gasteiger partial charge in [0.25, 0.3) is 0 Å². The SMILES string of the molecule is O=C(NC(C(=O)O)c1ccc(Br)cc1)C1CCSCC1. The lowest BCUT2D eigenvalue weighted by Gasteiger charge is -2.23. The number of thioether (sulfide) groups is 1. The predicted molar refractivity (Wildman–Crippen MR) is 82.7 cm³/mol. The van der Waals surface area contributed by atoms with Gasteiger partial charge < -0.3 is 10.4 Å². The number of hydrogen-bond acceptors (Lipinski definition) is 3. The smallest absolute Gasteiger partial charge is 0.330 e. The molecule has 108 valence electrons. The lowest BCUT2D eigenvalue weighted by atomic mass is 10.00. The van der Waals surface area contributed by atoms with Gasteiger partial charge in [0.1, 0.15) is 0 Å². The monoisotopic (exact) mass is 357 g/mol. The van der Waals surface area contributed by atoms with E-state index in [1.165, 1.54) is 0 Å². The second kappa shape index (κ2) is 7.13. The molecule has 0 spiro atoms. The van der Waals surface area contributed by atoms with Gasteiger partial charge in [-0.2, -0.15) is 11.8 Å². The van der Waals surface area contributed by atoms with Gasteiger partial charge in [0.2, 0.25) is 5.91 Å². The van der Waals surface area contributed by atoms with Crippen LogP contribution in [0.2, 0.25) is 0 Å². The lowest BCUT2D eigenvalue weighted by Crippen LogP contribution is -2.38. The van der Waals surface area contributed by atoms with Gasteiger partial charge in [-0.25, -0.2) is 4.79 Å². The fraction of sp³-hybridized carbons (Fsp3) is 0.429. The van der Waals surface area contributed by atoms with E-state index in [1.807, 2.05) is 11.8 Å². The van der Waals surface area contributed by atoms with Crippen LogP contribution in [0.1, 0.15) is 24.4 Å². The summed E-state index contributed by atoms with van der Waals surface area (Å²) in [5, 5.41) is 12.0. The van der Waals surface area contributed by atoms with E-state index in [2.05, 4.69) is 21.2 Å². The van der Waals surface area contributed by atoms with E-state index in [4.69, 9.17) is 0 Å². The Hall–Kier alpha value is -1.01. The molecule has 0 aromatic heterocycles. The Labute approximate surface area is 130 Å². The molecule has 1 unspecified atom stereocenters. The third kappa shape index (κ3) is 3.99. The van der Waals surface area contributed by atoms with Crippen LogP contribution in [-0.2, 0) is 9.59 Å². The Morgan fingerprint density at radius 2 is 1.85 bits per heavy atom. The molecule has 1 aliphatic heterocycles. The molecule has 2 N–H and O–H groups in total. The molecule has 1 atom stereocenters. The van der Waals surface area contributed by atoms with Crippen molar-refractivity contribution in [1.82, 2.24) is 5.32 Å². The van der Waals surface area contributed by atoms with Gasteiger partial charge >= 0.3 is 5.97 Å². The van der Waals surface area contributed by atoms with Crippen molar-refractivity contribution in [2.75, 3.05) is 11.5 Å². The van der Waals surface area contributed by atoms with Crippen LogP contribution in [0.25, 0.3) is 0 Å². The molecule has 20 heavy (non-hydrogen) atoms. The first-order chi connectivity index (χ1) is 9.58. The van der Waals surface area contributed by atoms with Gasteiger partial charge in [-0.3, -0.25) is 4.79 Å². The number of carboxylic acid groups (broad SMARTS) is 1. The van der Waals surface area contributed by atoms with Crippen LogP contribution in [0, 0.1) is 5.92 Å². The van der Waals surface area contributed by atoms with Crippen molar-refractivity contribution in [3.63, 3.8) is 0 Å². The number of benzene rings is 1. The first kappa shape index (κ1) is 15.4. The highest BCUT2D eigenvalue weighted by atomic mass is 79.9. The Bertz CT molecular complexity index is 486. The zero-order valence-electron chi connectivity index (χ0n) is 10.8. The van der Waals surface area contributed by atoms with Gasteiger partial charge in [0.05, 0.1) is 0 Å². The Balaban J connectivity index is 2.07. The molecular weight excluding hydrogens is 342 g/mol. The number of carbonyl (C=O) groups excluding carboxylic acids is 1. The molecular formula is C14H16BrNO3S. The Morgan fingerprint density at radius 3 is 2.40 bits per heavy atom. The molecule has 0 aliphatic carbocycles. The maximum Gasteiger partial charge on any atom is 0.330 e. The van der Waals surface area contributed by atoms with E-state index in [1.54, 1.807) is 24.3 Å². The number of carbonyl (C=O) groups is 2. The number of aliphatic carboxylic acids is 1. The van der Waals surface area contributed by atoms with Crippen LogP contribution in [0.15, 0.2) is 28.7 Å². The summed E-state index contributed by atoms with van der Waals surface area (Å²) in [6.45, 7) is 0. The van der Waals surface area contributed by atoms with Crippen molar-refractivity contribution in [3.8, 4) is 0 Å². The minimum Gasteiger partial charge on any atom is -0.479 e. The van der Waals surface area contributed by atoms with E-state index in [-0.39, 0.29) is 11.8 Å². The highest BCUT2D eigenvalue weighted by Crippen LogP contribution is 2.24. The van der Waals surface area contributed by atoms with Crippen LogP contribution >= 0.6 is 27.7 Å². The van der Waals surface area contributed by atoms with E-state index in [0.717, 1.165) is 28.8 Å². The van der Waals surface area contributed by atoms with E-state index < -0.39 is 12.0 Å². The largest absolute Gasteiger partial charge is 0.479 e. The van der Waals surface area contributed by atoms with Gasteiger partial charge in [-0.15, -0.1) is 0 Å². The second-order valence-corrected chi connectivity index (χ2v) is 6.86. The summed E-state index contributed by atoms with van der Waals surface area (Å²) in [5.74, 6) is 0.683. The predicted octanol–water partition coefficient (Wildman–Crippen LogP) is 2.83. The van der Waals surface area contributed by atoms with Gasteiger partial charge in [0, 0.05) is 10.4 Å². The minimum absolute atomic E-state index is 0.0615. The molecule has 1 aromatic rings. The summed E-state index contributed by atoms with van der Waals surface area (Å²) < 4.78 is 0.876. The topological polar surface area (TPSA) is 66.4 Å². The van der Waals surface area contributed by atoms with Crippen LogP contribution in [-0.4, -0.2) is 28.5 Å². The first-order valence-electron chi connectivity index (χ1n) is 6.44. The highest BCUT2D eigenvalue weighted by Gasteiger charge is 2.27. The Morgan fingerprint density at radius 1 is 1.25 bits per heavy atom. The zero-order valence-corrected chi connectivity index (χ0v) is 13.2. The van der Waals surface area contributed by atoms with Crippen molar-refractivity contribution < 1.29 is 14.7 Å². The van der Waals surface area contributed by atoms with Gasteiger partial charge in [-0.1, -0.05) is 28.1 Å². The summed E-state index contributed by atoms with van der Waals surface area (Å²) in [7, 11) is 0. The fourth-order valence-electron chi connectivity index (χ4n) is 2.16. The summed E-state index contributed by atoms with van der Waals surface area (Å²) >= 11 is 5.15. The first-order valence-corrected chi connectivity index (χ1v) is 8.39. The fourth-order valence-corrected chi connectivity index (χ4v) is 3.53. The normalized spacial score (nSPS) is 17.4. The molecule has 0 saturated carbocycles. The summed E-state index contributed by atoms with van der Waals surface area (Å²) in [6.07, 6.45) is 1.65. The maximum atomic E-state index is 12.2. The molecule has 1 aromatic carbocycles. The summed E-state index contributed by atoms with van der Waals surface area (Å²) in [5.41, 5.74) is 0.583. The molecule has 1 amide bonds. The average molecular weight is 358 g/mol. The standard InChI is InChI=1S/C14H16BrNO3S/c15-11-3-1-9(2-4-11)12(14(18)19)16-13(17)10-5-7-20-8-6-10/h1-4,10,12H,5-8H2,(H,16,17)(H,18,19). The second-order valence-electron chi connectivity index (χ2n) is 4.72. The van der Waals surface area contributed by atoms with E-state index in [9.17, 15) is 14.7 Å². The molecule has 0 bridgehead atoms. The molecule has 1 heterocycles. The van der Waals surface area contributed by atoms with Gasteiger partial charge in [0.15, 0.2) is 6.04 Å². The van der Waals surface area contributed by atoms with Crippen molar-refractivity contribution in [2.24, 2.45) is 5.92 Å². The highest BCUT2D eigenvalue weighted by molar-refractivity contribution is 9.10. The quantitative estimate of drug-likeness (QED) is 0.869. The minimum atomic E-state index is -1.04. The number of carboxylic acids is 1. The van der Waals surface area contributed by atoms with Crippen molar-refractivity contribution in [2.45, 2.75) is 18.9 Å². The van der Waals surface area contributed by atoms with E-state index in [0.29, 0.717) is 5.56 Å². The molecule has 0 radical (unpaired) electrons. The van der Waals surface area contributed by atoms with Crippen LogP contribution in [0.5, 0.6) is 0 Å². The van der Waals surface area contributed by atoms with Crippen molar-refractivity contribution >= 4 is 39.6 Å². The average Bonchev–Trinajstić information content (AvgIpc) is 2.46. The molecule has 1 fully saturated rings. The number of amides is 1. The van der Waals surface area contributed by atoms with Crippen molar-refractivity contribution in [1.29, 1.82) is 0 Å². The number of nitrogens with one attached hydrogen (secondary N) is 1. The molecule has 2 rings (SSSR count). The zero-order chi connectivity index (χ0) is 14.5. The number of halogens is 1. The maximum absolute atomic E-state index is 12.2. The van der Waals surface area contributed by atoms with Crippen LogP contribution in [0.4, 0.5) is 0 Å². The lowest BCUT2D eigenvalue weighted by molar-refractivity contribution is -0.142.